The Balaban J connectivity index is 1.63. The van der Waals surface area contributed by atoms with Crippen molar-refractivity contribution in [3.05, 3.63) is 60.2 Å². The van der Waals surface area contributed by atoms with Gasteiger partial charge in [0.1, 0.15) is 17.1 Å². The third kappa shape index (κ3) is 5.46. The van der Waals surface area contributed by atoms with Crippen molar-refractivity contribution in [1.82, 2.24) is 14.8 Å². The Morgan fingerprint density at radius 1 is 1.03 bits per heavy atom. The van der Waals surface area contributed by atoms with Crippen LogP contribution in [0.3, 0.4) is 0 Å². The molecule has 1 saturated heterocycles. The lowest BCUT2D eigenvalue weighted by Crippen LogP contribution is -2.41. The van der Waals surface area contributed by atoms with Crippen molar-refractivity contribution in [3.63, 3.8) is 0 Å². The van der Waals surface area contributed by atoms with E-state index in [2.05, 4.69) is 5.10 Å². The Morgan fingerprint density at radius 3 is 2.31 bits per heavy atom. The van der Waals surface area contributed by atoms with E-state index < -0.39 is 11.3 Å². The topological polar surface area (TPSA) is 126 Å². The number of aromatic nitrogens is 2. The number of nitrogens with zero attached hydrogens (tertiary/aromatic N) is 3. The highest BCUT2D eigenvalue weighted by Gasteiger charge is 2.32. The van der Waals surface area contributed by atoms with Gasteiger partial charge < -0.3 is 21.0 Å². The van der Waals surface area contributed by atoms with Crippen LogP contribution in [-0.4, -0.2) is 39.8 Å². The summed E-state index contributed by atoms with van der Waals surface area (Å²) in [6.07, 6.45) is 1.57. The van der Waals surface area contributed by atoms with Crippen LogP contribution in [0.5, 0.6) is 11.5 Å². The molecule has 1 fully saturated rings. The van der Waals surface area contributed by atoms with Crippen molar-refractivity contribution in [3.8, 4) is 22.8 Å². The molecule has 9 nitrogen and oxygen atoms in total. The zero-order chi connectivity index (χ0) is 25.2. The van der Waals surface area contributed by atoms with Gasteiger partial charge in [-0.3, -0.25) is 9.48 Å². The number of hydrogen-bond donors (Lipinski definition) is 2. The Morgan fingerprint density at radius 2 is 1.69 bits per heavy atom. The number of ether oxygens (including phenoxy) is 1. The van der Waals surface area contributed by atoms with Gasteiger partial charge in [-0.05, 0) is 70.0 Å². The summed E-state index contributed by atoms with van der Waals surface area (Å²) < 4.78 is 7.62. The van der Waals surface area contributed by atoms with Crippen molar-refractivity contribution >= 4 is 17.7 Å². The molecule has 4 N–H and O–H groups in total. The largest absolute Gasteiger partial charge is 0.457 e. The average molecular weight is 478 g/mol. The number of para-hydroxylation sites is 1. The molecule has 35 heavy (non-hydrogen) atoms. The molecule has 4 rings (SSSR count). The van der Waals surface area contributed by atoms with Crippen molar-refractivity contribution in [2.45, 2.75) is 39.7 Å². The standard InChI is InChI=1S/C26H31N5O4/c1-26(2,3)25(33)35-30-15-7-8-18(16-30)31-22(21(24(28)32)23(27)29-31)17-11-13-20(14-12-17)34-19-9-5-4-6-10-19/h4-6,9-14,18H,7-8,15-16H2,1-3H3,(H2,27,29)(H2,28,32)/t18-/m1/s1. The number of nitrogens with two attached hydrogens (primary N) is 2. The molecule has 1 aromatic heterocycles. The molecular formula is C26H31N5O4. The molecule has 2 aromatic carbocycles. The highest BCUT2D eigenvalue weighted by molar-refractivity contribution is 6.03. The minimum Gasteiger partial charge on any atom is -0.457 e. The highest BCUT2D eigenvalue weighted by atomic mass is 16.7. The van der Waals surface area contributed by atoms with Gasteiger partial charge in [0.2, 0.25) is 0 Å². The van der Waals surface area contributed by atoms with Gasteiger partial charge in [-0.25, -0.2) is 4.79 Å². The van der Waals surface area contributed by atoms with Crippen LogP contribution in [0, 0.1) is 5.41 Å². The molecule has 0 unspecified atom stereocenters. The summed E-state index contributed by atoms with van der Waals surface area (Å²) in [5.41, 5.74) is 12.7. The first-order valence-corrected chi connectivity index (χ1v) is 11.6. The summed E-state index contributed by atoms with van der Waals surface area (Å²) in [6, 6.07) is 16.6. The number of hydrogen-bond acceptors (Lipinski definition) is 7. The molecule has 184 valence electrons. The van der Waals surface area contributed by atoms with Crippen LogP contribution >= 0.6 is 0 Å². The zero-order valence-electron chi connectivity index (χ0n) is 20.2. The number of nitrogen functional groups attached to an aromatic ring is 1. The third-order valence-corrected chi connectivity index (χ3v) is 5.82. The molecule has 1 aliphatic rings. The number of amides is 1. The fourth-order valence-corrected chi connectivity index (χ4v) is 4.00. The summed E-state index contributed by atoms with van der Waals surface area (Å²) >= 11 is 0. The highest BCUT2D eigenvalue weighted by Crippen LogP contribution is 2.35. The molecule has 1 atom stereocenters. The SMILES string of the molecule is CC(C)(C)C(=O)ON1CCC[C@@H](n2nc(N)c(C(N)=O)c2-c2ccc(Oc3ccccc3)cc2)C1. The number of anilines is 1. The van der Waals surface area contributed by atoms with E-state index in [1.807, 2.05) is 75.4 Å². The number of primary amides is 1. The van der Waals surface area contributed by atoms with E-state index in [1.165, 1.54) is 0 Å². The maximum Gasteiger partial charge on any atom is 0.330 e. The minimum atomic E-state index is -0.653. The van der Waals surface area contributed by atoms with E-state index in [-0.39, 0.29) is 23.4 Å². The Bertz CT molecular complexity index is 1200. The molecule has 9 heteroatoms. The van der Waals surface area contributed by atoms with E-state index in [4.69, 9.17) is 21.0 Å². The van der Waals surface area contributed by atoms with E-state index in [9.17, 15) is 9.59 Å². The lowest BCUT2D eigenvalue weighted by molar-refractivity contribution is -0.207. The molecule has 1 amide bonds. The number of rotatable bonds is 6. The molecule has 0 radical (unpaired) electrons. The maximum absolute atomic E-state index is 12.4. The van der Waals surface area contributed by atoms with Crippen LogP contribution in [0.15, 0.2) is 54.6 Å². The van der Waals surface area contributed by atoms with Crippen LogP contribution in [0.1, 0.15) is 50.0 Å². The molecule has 0 saturated carbocycles. The predicted molar refractivity (Wildman–Crippen MR) is 133 cm³/mol. The van der Waals surface area contributed by atoms with Crippen LogP contribution in [0.2, 0.25) is 0 Å². The van der Waals surface area contributed by atoms with E-state index in [0.29, 0.717) is 24.5 Å². The number of piperidine rings is 1. The molecule has 1 aliphatic heterocycles. The van der Waals surface area contributed by atoms with E-state index in [0.717, 1.165) is 24.2 Å². The Labute approximate surface area is 204 Å². The first-order valence-electron chi connectivity index (χ1n) is 11.6. The van der Waals surface area contributed by atoms with Gasteiger partial charge in [0.05, 0.1) is 23.7 Å². The molecule has 2 heterocycles. The second kappa shape index (κ2) is 9.79. The molecule has 3 aromatic rings. The van der Waals surface area contributed by atoms with Crippen LogP contribution in [-0.2, 0) is 9.63 Å². The monoisotopic (exact) mass is 477 g/mol. The average Bonchev–Trinajstić information content (AvgIpc) is 3.17. The van der Waals surface area contributed by atoms with Crippen molar-refractivity contribution in [1.29, 1.82) is 0 Å². The van der Waals surface area contributed by atoms with Gasteiger partial charge in [-0.15, -0.1) is 5.06 Å². The lowest BCUT2D eigenvalue weighted by atomic mass is 9.98. The number of benzene rings is 2. The van der Waals surface area contributed by atoms with Crippen LogP contribution < -0.4 is 16.2 Å². The molecule has 0 aliphatic carbocycles. The van der Waals surface area contributed by atoms with Crippen molar-refractivity contribution in [2.24, 2.45) is 11.1 Å². The third-order valence-electron chi connectivity index (χ3n) is 5.82. The first kappa shape index (κ1) is 24.3. The molecule has 0 bridgehead atoms. The molecule has 0 spiro atoms. The summed E-state index contributed by atoms with van der Waals surface area (Å²) in [5, 5.41) is 6.14. The summed E-state index contributed by atoms with van der Waals surface area (Å²) in [7, 11) is 0. The van der Waals surface area contributed by atoms with Crippen LogP contribution in [0.25, 0.3) is 11.3 Å². The fraction of sp³-hybridized carbons (Fsp3) is 0.346. The Kier molecular flexibility index (Phi) is 6.79. The molecular weight excluding hydrogens is 446 g/mol. The van der Waals surface area contributed by atoms with Crippen LogP contribution in [0.4, 0.5) is 5.82 Å². The van der Waals surface area contributed by atoms with Crippen molar-refractivity contribution in [2.75, 3.05) is 18.8 Å². The number of carbonyl (C=O) groups excluding carboxylic acids is 2. The number of carbonyl (C=O) groups is 2. The predicted octanol–water partition coefficient (Wildman–Crippen LogP) is 4.16. The van der Waals surface area contributed by atoms with Crippen molar-refractivity contribution < 1.29 is 19.2 Å². The summed E-state index contributed by atoms with van der Waals surface area (Å²) in [6.45, 7) is 6.48. The maximum atomic E-state index is 12.4. The number of hydroxylamine groups is 2. The second-order valence-corrected chi connectivity index (χ2v) is 9.67. The zero-order valence-corrected chi connectivity index (χ0v) is 20.2. The summed E-state index contributed by atoms with van der Waals surface area (Å²) in [5.74, 6) is 0.489. The second-order valence-electron chi connectivity index (χ2n) is 9.67. The van der Waals surface area contributed by atoms with Gasteiger partial charge in [-0.2, -0.15) is 5.10 Å². The minimum absolute atomic E-state index is 0.0703. The van der Waals surface area contributed by atoms with Gasteiger partial charge in [0.25, 0.3) is 5.91 Å². The van der Waals surface area contributed by atoms with Gasteiger partial charge >= 0.3 is 5.97 Å². The Hall–Kier alpha value is -3.85. The van der Waals surface area contributed by atoms with Gasteiger partial charge in [-0.1, -0.05) is 18.2 Å². The quantitative estimate of drug-likeness (QED) is 0.546. The fourth-order valence-electron chi connectivity index (χ4n) is 4.00. The van der Waals surface area contributed by atoms with Gasteiger partial charge in [0.15, 0.2) is 5.82 Å². The first-order chi connectivity index (χ1) is 16.6. The normalized spacial score (nSPS) is 16.6. The summed E-state index contributed by atoms with van der Waals surface area (Å²) in [4.78, 5) is 30.3. The van der Waals surface area contributed by atoms with E-state index in [1.54, 1.807) is 9.75 Å². The van der Waals surface area contributed by atoms with Gasteiger partial charge in [0, 0.05) is 12.1 Å². The van der Waals surface area contributed by atoms with E-state index >= 15 is 0 Å². The smallest absolute Gasteiger partial charge is 0.330 e. The lowest BCUT2D eigenvalue weighted by Gasteiger charge is -2.33.